The Labute approximate surface area is 201 Å². The van der Waals surface area contributed by atoms with E-state index in [-0.39, 0.29) is 17.9 Å². The first-order valence-corrected chi connectivity index (χ1v) is 12.8. The number of imidazole rings is 1. The summed E-state index contributed by atoms with van der Waals surface area (Å²) in [4.78, 5) is 20.3. The van der Waals surface area contributed by atoms with E-state index in [1.807, 2.05) is 0 Å². The van der Waals surface area contributed by atoms with Gasteiger partial charge in [0.2, 0.25) is 11.9 Å². The molecule has 6 rings (SSSR count). The molecule has 1 atom stereocenters. The first-order valence-electron chi connectivity index (χ1n) is 12.8. The Bertz CT molecular complexity index is 1210. The van der Waals surface area contributed by atoms with Crippen LogP contribution in [-0.4, -0.2) is 47.8 Å². The second-order valence-corrected chi connectivity index (χ2v) is 10.4. The van der Waals surface area contributed by atoms with Gasteiger partial charge in [0.05, 0.1) is 23.7 Å². The molecule has 1 aromatic heterocycles. The van der Waals surface area contributed by atoms with Gasteiger partial charge < -0.3 is 15.0 Å². The Balaban J connectivity index is 1.30. The van der Waals surface area contributed by atoms with Crippen LogP contribution < -0.4 is 10.2 Å². The lowest BCUT2D eigenvalue weighted by Crippen LogP contribution is -2.44. The van der Waals surface area contributed by atoms with E-state index in [1.165, 1.54) is 35.2 Å². The number of amides is 1. The molecular weight excluding hydrogens is 424 g/mol. The van der Waals surface area contributed by atoms with Crippen LogP contribution >= 0.6 is 0 Å². The molecule has 1 unspecified atom stereocenters. The summed E-state index contributed by atoms with van der Waals surface area (Å²) in [6.07, 6.45) is 5.21. The molecule has 0 radical (unpaired) electrons. The Kier molecular flexibility index (Phi) is 5.56. The number of benzene rings is 2. The van der Waals surface area contributed by atoms with Gasteiger partial charge in [-0.3, -0.25) is 9.36 Å². The minimum atomic E-state index is 0.0670. The number of rotatable bonds is 5. The number of nitrogens with one attached hydrogen (secondary N) is 1. The van der Waals surface area contributed by atoms with Crippen LogP contribution in [0.1, 0.15) is 54.7 Å². The van der Waals surface area contributed by atoms with Crippen LogP contribution in [0.2, 0.25) is 0 Å². The third-order valence-corrected chi connectivity index (χ3v) is 7.85. The highest BCUT2D eigenvalue weighted by atomic mass is 16.5. The standard InChI is InChI=1S/C28H34N4O2/c1-18-14-25-26(15-19(18)2)32(24-5-3-4-22(16-24)20-6-7-20)28(30-25)31-11-8-21(9-12-31)27(33)29-23-10-13-34-17-23/h3-5,14-16,20-21,23H,6-13,17H2,1-2H3,(H,29,33). The van der Waals surface area contributed by atoms with Crippen molar-refractivity contribution < 1.29 is 9.53 Å². The quantitative estimate of drug-likeness (QED) is 0.605. The maximum absolute atomic E-state index is 12.8. The number of aromatic nitrogens is 2. The van der Waals surface area contributed by atoms with Crippen molar-refractivity contribution in [3.8, 4) is 5.69 Å². The van der Waals surface area contributed by atoms with Crippen molar-refractivity contribution in [2.45, 2.75) is 57.9 Å². The summed E-state index contributed by atoms with van der Waals surface area (Å²) in [5.41, 5.74) is 7.36. The van der Waals surface area contributed by atoms with Crippen LogP contribution in [0, 0.1) is 19.8 Å². The molecule has 2 aromatic carbocycles. The second-order valence-electron chi connectivity index (χ2n) is 10.4. The van der Waals surface area contributed by atoms with E-state index in [0.29, 0.717) is 12.5 Å². The molecule has 3 heterocycles. The lowest BCUT2D eigenvalue weighted by Gasteiger charge is -2.33. The number of carbonyl (C=O) groups excluding carboxylic acids is 1. The summed E-state index contributed by atoms with van der Waals surface area (Å²) in [5.74, 6) is 1.96. The first-order chi connectivity index (χ1) is 16.6. The van der Waals surface area contributed by atoms with Crippen molar-refractivity contribution in [1.82, 2.24) is 14.9 Å². The number of hydrogen-bond donors (Lipinski definition) is 1. The molecule has 3 fully saturated rings. The minimum Gasteiger partial charge on any atom is -0.379 e. The van der Waals surface area contributed by atoms with E-state index in [2.05, 4.69) is 65.0 Å². The van der Waals surface area contributed by atoms with E-state index >= 15 is 0 Å². The van der Waals surface area contributed by atoms with Gasteiger partial charge in [-0.05, 0) is 92.8 Å². The zero-order chi connectivity index (χ0) is 23.2. The number of hydrogen-bond acceptors (Lipinski definition) is 4. The van der Waals surface area contributed by atoms with Crippen molar-refractivity contribution in [3.05, 3.63) is 53.1 Å². The van der Waals surface area contributed by atoms with E-state index < -0.39 is 0 Å². The maximum Gasteiger partial charge on any atom is 0.223 e. The Morgan fingerprint density at radius 1 is 1.03 bits per heavy atom. The molecule has 2 aliphatic heterocycles. The van der Waals surface area contributed by atoms with E-state index in [0.717, 1.165) is 55.9 Å². The lowest BCUT2D eigenvalue weighted by atomic mass is 9.95. The lowest BCUT2D eigenvalue weighted by molar-refractivity contribution is -0.126. The van der Waals surface area contributed by atoms with Gasteiger partial charge in [-0.2, -0.15) is 0 Å². The molecule has 1 aliphatic carbocycles. The molecule has 178 valence electrons. The molecule has 1 amide bonds. The zero-order valence-electron chi connectivity index (χ0n) is 20.2. The average molecular weight is 459 g/mol. The minimum absolute atomic E-state index is 0.0670. The number of anilines is 1. The molecular formula is C28H34N4O2. The number of carbonyl (C=O) groups is 1. The summed E-state index contributed by atoms with van der Waals surface area (Å²) in [6, 6.07) is 13.7. The molecule has 6 heteroatoms. The van der Waals surface area contributed by atoms with Gasteiger partial charge in [0.1, 0.15) is 0 Å². The van der Waals surface area contributed by atoms with Crippen molar-refractivity contribution in [2.24, 2.45) is 5.92 Å². The molecule has 3 aliphatic rings. The van der Waals surface area contributed by atoms with Crippen molar-refractivity contribution >= 4 is 22.9 Å². The normalized spacial score (nSPS) is 21.4. The maximum atomic E-state index is 12.8. The summed E-state index contributed by atoms with van der Waals surface area (Å²) in [6.45, 7) is 7.39. The largest absolute Gasteiger partial charge is 0.379 e. The molecule has 2 saturated heterocycles. The van der Waals surface area contributed by atoms with Crippen LogP contribution in [-0.2, 0) is 9.53 Å². The summed E-state index contributed by atoms with van der Waals surface area (Å²) >= 11 is 0. The highest BCUT2D eigenvalue weighted by Gasteiger charge is 2.30. The van der Waals surface area contributed by atoms with E-state index in [9.17, 15) is 4.79 Å². The van der Waals surface area contributed by atoms with Crippen LogP contribution in [0.4, 0.5) is 5.95 Å². The third kappa shape index (κ3) is 4.09. The smallest absolute Gasteiger partial charge is 0.223 e. The predicted molar refractivity (Wildman–Crippen MR) is 135 cm³/mol. The Hall–Kier alpha value is -2.86. The third-order valence-electron chi connectivity index (χ3n) is 7.85. The van der Waals surface area contributed by atoms with Gasteiger partial charge >= 0.3 is 0 Å². The molecule has 34 heavy (non-hydrogen) atoms. The number of fused-ring (bicyclic) bond motifs is 1. The Morgan fingerprint density at radius 3 is 2.56 bits per heavy atom. The number of ether oxygens (including phenoxy) is 1. The van der Waals surface area contributed by atoms with Gasteiger partial charge in [-0.1, -0.05) is 12.1 Å². The van der Waals surface area contributed by atoms with Gasteiger partial charge in [-0.25, -0.2) is 4.98 Å². The van der Waals surface area contributed by atoms with Crippen LogP contribution in [0.5, 0.6) is 0 Å². The SMILES string of the molecule is Cc1cc2nc(N3CCC(C(=O)NC4CCOC4)CC3)n(-c3cccc(C4CC4)c3)c2cc1C. The number of nitrogens with zero attached hydrogens (tertiary/aromatic N) is 3. The zero-order valence-corrected chi connectivity index (χ0v) is 20.2. The topological polar surface area (TPSA) is 59.4 Å². The second kappa shape index (κ2) is 8.73. The van der Waals surface area contributed by atoms with E-state index in [4.69, 9.17) is 9.72 Å². The van der Waals surface area contributed by atoms with Gasteiger partial charge in [0.15, 0.2) is 0 Å². The molecule has 1 saturated carbocycles. The fourth-order valence-electron chi connectivity index (χ4n) is 5.43. The van der Waals surface area contributed by atoms with Crippen LogP contribution in [0.25, 0.3) is 16.7 Å². The summed E-state index contributed by atoms with van der Waals surface area (Å²) < 4.78 is 7.75. The van der Waals surface area contributed by atoms with Crippen LogP contribution in [0.15, 0.2) is 36.4 Å². The number of aryl methyl sites for hydroxylation is 2. The fourth-order valence-corrected chi connectivity index (χ4v) is 5.43. The Morgan fingerprint density at radius 2 is 1.82 bits per heavy atom. The predicted octanol–water partition coefficient (Wildman–Crippen LogP) is 4.64. The monoisotopic (exact) mass is 458 g/mol. The van der Waals surface area contributed by atoms with Gasteiger partial charge in [-0.15, -0.1) is 0 Å². The van der Waals surface area contributed by atoms with Crippen molar-refractivity contribution in [2.75, 3.05) is 31.2 Å². The molecule has 0 spiro atoms. The molecule has 3 aromatic rings. The summed E-state index contributed by atoms with van der Waals surface area (Å²) in [5, 5.41) is 3.19. The van der Waals surface area contributed by atoms with Crippen LogP contribution in [0.3, 0.4) is 0 Å². The summed E-state index contributed by atoms with van der Waals surface area (Å²) in [7, 11) is 0. The molecule has 1 N–H and O–H groups in total. The van der Waals surface area contributed by atoms with Gasteiger partial charge in [0, 0.05) is 31.3 Å². The molecule has 0 bridgehead atoms. The highest BCUT2D eigenvalue weighted by molar-refractivity contribution is 5.83. The van der Waals surface area contributed by atoms with Gasteiger partial charge in [0.25, 0.3) is 0 Å². The van der Waals surface area contributed by atoms with Crippen molar-refractivity contribution in [1.29, 1.82) is 0 Å². The number of piperidine rings is 1. The molecule has 6 nitrogen and oxygen atoms in total. The van der Waals surface area contributed by atoms with E-state index in [1.54, 1.807) is 0 Å². The first kappa shape index (κ1) is 21.7. The van der Waals surface area contributed by atoms with Crippen molar-refractivity contribution in [3.63, 3.8) is 0 Å². The highest BCUT2D eigenvalue weighted by Crippen LogP contribution is 2.41. The fraction of sp³-hybridized carbons (Fsp3) is 0.500. The average Bonchev–Trinajstić information content (AvgIpc) is 3.47.